The molecule has 2 N–H and O–H groups in total. The van der Waals surface area contributed by atoms with E-state index in [1.54, 1.807) is 6.07 Å². The summed E-state index contributed by atoms with van der Waals surface area (Å²) in [6, 6.07) is 9.64. The molecule has 0 saturated heterocycles. The number of nitrogens with two attached hydrogens (primary N) is 1. The molecule has 0 aliphatic carbocycles. The number of hydrogen-bond acceptors (Lipinski definition) is 4. The first-order valence-electron chi connectivity index (χ1n) is 5.20. The molecular formula is C12H14N2O2. The summed E-state index contributed by atoms with van der Waals surface area (Å²) in [7, 11) is 0. The highest BCUT2D eigenvalue weighted by atomic mass is 16.5. The van der Waals surface area contributed by atoms with E-state index in [0.717, 1.165) is 12.2 Å². The topological polar surface area (TPSA) is 61.3 Å². The van der Waals surface area contributed by atoms with Crippen molar-refractivity contribution in [2.24, 2.45) is 0 Å². The van der Waals surface area contributed by atoms with Crippen molar-refractivity contribution in [3.63, 3.8) is 0 Å². The van der Waals surface area contributed by atoms with E-state index < -0.39 is 0 Å². The van der Waals surface area contributed by atoms with Crippen LogP contribution >= 0.6 is 0 Å². The van der Waals surface area contributed by atoms with Gasteiger partial charge in [-0.15, -0.1) is 0 Å². The molecule has 0 fully saturated rings. The highest BCUT2D eigenvalue weighted by molar-refractivity contribution is 5.29. The molecule has 0 bridgehead atoms. The molecule has 0 atom stereocenters. The SMILES string of the molecule is CCc1cccc(OCc2cc(N)on2)c1. The number of nitrogens with zero attached hydrogens (tertiary/aromatic N) is 1. The molecule has 0 amide bonds. The Hall–Kier alpha value is -1.97. The van der Waals surface area contributed by atoms with Crippen molar-refractivity contribution >= 4 is 5.88 Å². The van der Waals surface area contributed by atoms with Crippen LogP contribution in [-0.2, 0) is 13.0 Å². The van der Waals surface area contributed by atoms with Crippen LogP contribution in [-0.4, -0.2) is 5.16 Å². The molecule has 0 aliphatic rings. The van der Waals surface area contributed by atoms with Crippen molar-refractivity contribution in [1.29, 1.82) is 0 Å². The third-order valence-electron chi connectivity index (χ3n) is 2.27. The maximum Gasteiger partial charge on any atom is 0.222 e. The van der Waals surface area contributed by atoms with E-state index in [1.165, 1.54) is 5.56 Å². The average Bonchev–Trinajstić information content (AvgIpc) is 2.73. The summed E-state index contributed by atoms with van der Waals surface area (Å²) in [6.07, 6.45) is 0.994. The number of anilines is 1. The van der Waals surface area contributed by atoms with E-state index in [9.17, 15) is 0 Å². The fraction of sp³-hybridized carbons (Fsp3) is 0.250. The number of nitrogen functional groups attached to an aromatic ring is 1. The van der Waals surface area contributed by atoms with Crippen LogP contribution in [0.3, 0.4) is 0 Å². The normalized spacial score (nSPS) is 10.3. The molecule has 1 heterocycles. The molecule has 0 aliphatic heterocycles. The van der Waals surface area contributed by atoms with Gasteiger partial charge in [0.25, 0.3) is 0 Å². The minimum atomic E-state index is 0.306. The predicted molar refractivity (Wildman–Crippen MR) is 61.1 cm³/mol. The van der Waals surface area contributed by atoms with Gasteiger partial charge >= 0.3 is 0 Å². The fourth-order valence-electron chi connectivity index (χ4n) is 1.41. The third kappa shape index (κ3) is 2.53. The Morgan fingerprint density at radius 2 is 2.25 bits per heavy atom. The standard InChI is InChI=1S/C12H14N2O2/c1-2-9-4-3-5-11(6-9)15-8-10-7-12(13)16-14-10/h3-7H,2,8,13H2,1H3. The zero-order valence-corrected chi connectivity index (χ0v) is 9.14. The molecule has 1 aromatic heterocycles. The minimum absolute atomic E-state index is 0.306. The van der Waals surface area contributed by atoms with Crippen molar-refractivity contribution < 1.29 is 9.26 Å². The second-order valence-corrected chi connectivity index (χ2v) is 3.51. The molecule has 0 unspecified atom stereocenters. The second kappa shape index (κ2) is 4.70. The van der Waals surface area contributed by atoms with E-state index in [-0.39, 0.29) is 0 Å². The van der Waals surface area contributed by atoms with Crippen molar-refractivity contribution in [3.8, 4) is 5.75 Å². The lowest BCUT2D eigenvalue weighted by Crippen LogP contribution is -1.95. The van der Waals surface area contributed by atoms with Gasteiger partial charge in [-0.05, 0) is 24.1 Å². The van der Waals surface area contributed by atoms with Gasteiger partial charge in [-0.1, -0.05) is 24.2 Å². The first-order valence-corrected chi connectivity index (χ1v) is 5.20. The highest BCUT2D eigenvalue weighted by Gasteiger charge is 2.02. The quantitative estimate of drug-likeness (QED) is 0.855. The summed E-state index contributed by atoms with van der Waals surface area (Å²) in [5, 5.41) is 3.75. The number of aryl methyl sites for hydroxylation is 1. The van der Waals surface area contributed by atoms with Crippen molar-refractivity contribution in [1.82, 2.24) is 5.16 Å². The second-order valence-electron chi connectivity index (χ2n) is 3.51. The zero-order chi connectivity index (χ0) is 11.4. The van der Waals surface area contributed by atoms with Gasteiger partial charge in [0.15, 0.2) is 0 Å². The Bertz CT molecular complexity index is 466. The van der Waals surface area contributed by atoms with Crippen LogP contribution in [0.2, 0.25) is 0 Å². The van der Waals surface area contributed by atoms with Crippen LogP contribution in [0.1, 0.15) is 18.2 Å². The van der Waals surface area contributed by atoms with Crippen LogP contribution in [0.15, 0.2) is 34.9 Å². The molecule has 2 rings (SSSR count). The summed E-state index contributed by atoms with van der Waals surface area (Å²) >= 11 is 0. The Morgan fingerprint density at radius 1 is 1.38 bits per heavy atom. The van der Waals surface area contributed by atoms with Gasteiger partial charge in [-0.3, -0.25) is 0 Å². The molecule has 1 aromatic carbocycles. The fourth-order valence-corrected chi connectivity index (χ4v) is 1.41. The summed E-state index contributed by atoms with van der Waals surface area (Å²) in [5.41, 5.74) is 7.35. The van der Waals surface area contributed by atoms with E-state index in [1.807, 2.05) is 18.2 Å². The van der Waals surface area contributed by atoms with Crippen LogP contribution < -0.4 is 10.5 Å². The van der Waals surface area contributed by atoms with Gasteiger partial charge in [-0.25, -0.2) is 0 Å². The van der Waals surface area contributed by atoms with Crippen LogP contribution in [0.4, 0.5) is 5.88 Å². The Labute approximate surface area is 94.0 Å². The van der Waals surface area contributed by atoms with Gasteiger partial charge in [0.1, 0.15) is 18.1 Å². The third-order valence-corrected chi connectivity index (χ3v) is 2.27. The number of benzene rings is 1. The van der Waals surface area contributed by atoms with Crippen molar-refractivity contribution in [2.75, 3.05) is 5.73 Å². The minimum Gasteiger partial charge on any atom is -0.487 e. The maximum atomic E-state index is 5.57. The van der Waals surface area contributed by atoms with Crippen molar-refractivity contribution in [3.05, 3.63) is 41.6 Å². The molecule has 0 saturated carbocycles. The van der Waals surface area contributed by atoms with Gasteiger partial charge in [0, 0.05) is 6.07 Å². The Balaban J connectivity index is 1.99. The smallest absolute Gasteiger partial charge is 0.222 e. The molecule has 4 heteroatoms. The molecule has 0 radical (unpaired) electrons. The average molecular weight is 218 g/mol. The lowest BCUT2D eigenvalue weighted by atomic mass is 10.2. The summed E-state index contributed by atoms with van der Waals surface area (Å²) in [4.78, 5) is 0. The number of hydrogen-bond donors (Lipinski definition) is 1. The summed E-state index contributed by atoms with van der Waals surface area (Å²) in [5.74, 6) is 1.14. The van der Waals surface area contributed by atoms with Crippen molar-refractivity contribution in [2.45, 2.75) is 20.0 Å². The Kier molecular flexibility index (Phi) is 3.10. The van der Waals surface area contributed by atoms with E-state index >= 15 is 0 Å². The van der Waals surface area contributed by atoms with Crippen LogP contribution in [0.5, 0.6) is 5.75 Å². The zero-order valence-electron chi connectivity index (χ0n) is 9.14. The summed E-state index contributed by atoms with van der Waals surface area (Å²) < 4.78 is 10.3. The van der Waals surface area contributed by atoms with E-state index in [2.05, 4.69) is 18.1 Å². The van der Waals surface area contributed by atoms with Gasteiger partial charge in [0.05, 0.1) is 0 Å². The maximum absolute atomic E-state index is 5.57. The van der Waals surface area contributed by atoms with E-state index in [0.29, 0.717) is 18.2 Å². The molecule has 4 nitrogen and oxygen atoms in total. The number of aromatic nitrogens is 1. The molecule has 2 aromatic rings. The van der Waals surface area contributed by atoms with Crippen LogP contribution in [0, 0.1) is 0 Å². The molecule has 16 heavy (non-hydrogen) atoms. The van der Waals surface area contributed by atoms with Gasteiger partial charge in [0.2, 0.25) is 5.88 Å². The molecular weight excluding hydrogens is 204 g/mol. The predicted octanol–water partition coefficient (Wildman–Crippen LogP) is 2.40. The lowest BCUT2D eigenvalue weighted by molar-refractivity contribution is 0.290. The monoisotopic (exact) mass is 218 g/mol. The number of rotatable bonds is 4. The van der Waals surface area contributed by atoms with Gasteiger partial charge < -0.3 is 15.0 Å². The Morgan fingerprint density at radius 3 is 2.94 bits per heavy atom. The summed E-state index contributed by atoms with van der Waals surface area (Å²) in [6.45, 7) is 2.48. The first-order chi connectivity index (χ1) is 7.78. The molecule has 0 spiro atoms. The van der Waals surface area contributed by atoms with Gasteiger partial charge in [-0.2, -0.15) is 0 Å². The molecule has 84 valence electrons. The largest absolute Gasteiger partial charge is 0.487 e. The van der Waals surface area contributed by atoms with E-state index in [4.69, 9.17) is 15.0 Å². The number of ether oxygens (including phenoxy) is 1. The van der Waals surface area contributed by atoms with Crippen LogP contribution in [0.25, 0.3) is 0 Å². The highest BCUT2D eigenvalue weighted by Crippen LogP contribution is 2.15. The lowest BCUT2D eigenvalue weighted by Gasteiger charge is -2.04. The first kappa shape index (κ1) is 10.5.